The predicted molar refractivity (Wildman–Crippen MR) is 88.7 cm³/mol. The molecule has 1 N–H and O–H groups in total. The predicted octanol–water partition coefficient (Wildman–Crippen LogP) is 2.71. The van der Waals surface area contributed by atoms with Crippen molar-refractivity contribution in [3.05, 3.63) is 35.9 Å². The molecule has 1 heterocycles. The highest BCUT2D eigenvalue weighted by molar-refractivity contribution is 5.16. The van der Waals surface area contributed by atoms with Crippen molar-refractivity contribution >= 4 is 0 Å². The lowest BCUT2D eigenvalue weighted by molar-refractivity contribution is 0.0362. The maximum atomic E-state index is 5.75. The summed E-state index contributed by atoms with van der Waals surface area (Å²) in [6.45, 7) is 10.6. The van der Waals surface area contributed by atoms with Gasteiger partial charge in [-0.15, -0.1) is 0 Å². The number of benzene rings is 1. The number of piperazine rings is 1. The Kier molecular flexibility index (Phi) is 6.68. The van der Waals surface area contributed by atoms with Gasteiger partial charge >= 0.3 is 0 Å². The summed E-state index contributed by atoms with van der Waals surface area (Å²) < 4.78 is 5.75. The van der Waals surface area contributed by atoms with Gasteiger partial charge in [0, 0.05) is 31.7 Å². The molecule has 2 rings (SSSR count). The normalized spacial score (nSPS) is 23.6. The first kappa shape index (κ1) is 16.5. The highest BCUT2D eigenvalue weighted by Crippen LogP contribution is 2.14. The maximum Gasteiger partial charge on any atom is 0.0597 e. The molecule has 3 heteroatoms. The van der Waals surface area contributed by atoms with E-state index in [0.717, 1.165) is 32.7 Å². The quantitative estimate of drug-likeness (QED) is 0.835. The molecule has 0 aromatic heterocycles. The lowest BCUT2D eigenvalue weighted by Gasteiger charge is -2.40. The average Bonchev–Trinajstić information content (AvgIpc) is 2.49. The van der Waals surface area contributed by atoms with E-state index in [-0.39, 0.29) is 0 Å². The summed E-state index contributed by atoms with van der Waals surface area (Å²) in [4.78, 5) is 2.61. The summed E-state index contributed by atoms with van der Waals surface area (Å²) in [5.74, 6) is 0. The van der Waals surface area contributed by atoms with Gasteiger partial charge < -0.3 is 10.1 Å². The molecule has 0 saturated carbocycles. The van der Waals surface area contributed by atoms with Gasteiger partial charge in [-0.05, 0) is 32.3 Å². The second-order valence-electron chi connectivity index (χ2n) is 6.27. The molecule has 1 fully saturated rings. The minimum Gasteiger partial charge on any atom is -0.377 e. The lowest BCUT2D eigenvalue weighted by atomic mass is 10.00. The van der Waals surface area contributed by atoms with Gasteiger partial charge in [-0.3, -0.25) is 4.90 Å². The summed E-state index contributed by atoms with van der Waals surface area (Å²) in [7, 11) is 0. The van der Waals surface area contributed by atoms with Crippen molar-refractivity contribution in [2.24, 2.45) is 0 Å². The molecule has 2 atom stereocenters. The van der Waals surface area contributed by atoms with Gasteiger partial charge in [0.05, 0.1) is 12.7 Å². The SMILES string of the molecule is CCC1CN(CCOC(C)C)C(Cc2ccccc2)CN1. The largest absolute Gasteiger partial charge is 0.377 e. The van der Waals surface area contributed by atoms with E-state index in [0.29, 0.717) is 18.2 Å². The van der Waals surface area contributed by atoms with Gasteiger partial charge in [-0.2, -0.15) is 0 Å². The molecule has 0 amide bonds. The average molecular weight is 290 g/mol. The number of rotatable bonds is 7. The van der Waals surface area contributed by atoms with Gasteiger partial charge in [-0.1, -0.05) is 37.3 Å². The summed E-state index contributed by atoms with van der Waals surface area (Å²) in [5, 5.41) is 3.69. The Hall–Kier alpha value is -0.900. The standard InChI is InChI=1S/C18H30N2O/c1-4-17-14-20(10-11-21-15(2)3)18(13-19-17)12-16-8-6-5-7-9-16/h5-9,15,17-19H,4,10-14H2,1-3H3. The van der Waals surface area contributed by atoms with Gasteiger partial charge in [0.1, 0.15) is 0 Å². The van der Waals surface area contributed by atoms with Crippen molar-refractivity contribution in [1.29, 1.82) is 0 Å². The van der Waals surface area contributed by atoms with Crippen molar-refractivity contribution in [2.45, 2.75) is 51.8 Å². The first-order valence-corrected chi connectivity index (χ1v) is 8.32. The van der Waals surface area contributed by atoms with Crippen LogP contribution < -0.4 is 5.32 Å². The first-order chi connectivity index (χ1) is 10.2. The Morgan fingerprint density at radius 1 is 1.29 bits per heavy atom. The van der Waals surface area contributed by atoms with Crippen LogP contribution >= 0.6 is 0 Å². The summed E-state index contributed by atoms with van der Waals surface area (Å²) in [6.07, 6.45) is 2.63. The van der Waals surface area contributed by atoms with Crippen LogP contribution in [0.15, 0.2) is 30.3 Å². The Balaban J connectivity index is 1.92. The number of nitrogens with one attached hydrogen (secondary N) is 1. The molecular formula is C18H30N2O. The van der Waals surface area contributed by atoms with Crippen LogP contribution in [0.5, 0.6) is 0 Å². The molecule has 1 aliphatic heterocycles. The van der Waals surface area contributed by atoms with Crippen molar-refractivity contribution in [2.75, 3.05) is 26.2 Å². The Labute approximate surface area is 129 Å². The zero-order valence-electron chi connectivity index (χ0n) is 13.7. The number of hydrogen-bond acceptors (Lipinski definition) is 3. The molecule has 1 saturated heterocycles. The van der Waals surface area contributed by atoms with E-state index in [1.807, 2.05) is 0 Å². The van der Waals surface area contributed by atoms with Crippen molar-refractivity contribution < 1.29 is 4.74 Å². The second kappa shape index (κ2) is 8.52. The molecule has 0 spiro atoms. The summed E-state index contributed by atoms with van der Waals surface area (Å²) >= 11 is 0. The Morgan fingerprint density at radius 3 is 2.71 bits per heavy atom. The molecule has 1 aliphatic rings. The minimum atomic E-state index is 0.322. The maximum absolute atomic E-state index is 5.75. The van der Waals surface area contributed by atoms with E-state index < -0.39 is 0 Å². The first-order valence-electron chi connectivity index (χ1n) is 8.32. The fourth-order valence-corrected chi connectivity index (χ4v) is 2.97. The van der Waals surface area contributed by atoms with Crippen LogP contribution in [0.2, 0.25) is 0 Å². The molecule has 3 nitrogen and oxygen atoms in total. The topological polar surface area (TPSA) is 24.5 Å². The van der Waals surface area contributed by atoms with Crippen molar-refractivity contribution in [3.8, 4) is 0 Å². The minimum absolute atomic E-state index is 0.322. The van der Waals surface area contributed by atoms with Crippen LogP contribution in [0.3, 0.4) is 0 Å². The Bertz CT molecular complexity index is 393. The third kappa shape index (κ3) is 5.42. The molecule has 1 aromatic carbocycles. The van der Waals surface area contributed by atoms with E-state index in [4.69, 9.17) is 4.74 Å². The van der Waals surface area contributed by atoms with Gasteiger partial charge in [0.2, 0.25) is 0 Å². The molecular weight excluding hydrogens is 260 g/mol. The molecule has 0 bridgehead atoms. The Morgan fingerprint density at radius 2 is 2.05 bits per heavy atom. The lowest BCUT2D eigenvalue weighted by Crippen LogP contribution is -2.57. The van der Waals surface area contributed by atoms with Crippen LogP contribution in [0.1, 0.15) is 32.8 Å². The van der Waals surface area contributed by atoms with Crippen LogP contribution in [-0.2, 0) is 11.2 Å². The molecule has 0 aliphatic carbocycles. The third-order valence-electron chi connectivity index (χ3n) is 4.25. The van der Waals surface area contributed by atoms with E-state index in [1.165, 1.54) is 12.0 Å². The molecule has 0 radical (unpaired) electrons. The summed E-state index contributed by atoms with van der Waals surface area (Å²) in [6, 6.07) is 12.0. The van der Waals surface area contributed by atoms with Crippen molar-refractivity contribution in [3.63, 3.8) is 0 Å². The monoisotopic (exact) mass is 290 g/mol. The summed E-state index contributed by atoms with van der Waals surface area (Å²) in [5.41, 5.74) is 1.43. The van der Waals surface area contributed by atoms with Crippen LogP contribution in [0.25, 0.3) is 0 Å². The fourth-order valence-electron chi connectivity index (χ4n) is 2.97. The van der Waals surface area contributed by atoms with Crippen molar-refractivity contribution in [1.82, 2.24) is 10.2 Å². The molecule has 1 aromatic rings. The van der Waals surface area contributed by atoms with E-state index in [2.05, 4.69) is 61.3 Å². The zero-order chi connectivity index (χ0) is 15.1. The molecule has 2 unspecified atom stereocenters. The molecule has 118 valence electrons. The van der Waals surface area contributed by atoms with E-state index >= 15 is 0 Å². The molecule has 21 heavy (non-hydrogen) atoms. The smallest absolute Gasteiger partial charge is 0.0597 e. The fraction of sp³-hybridized carbons (Fsp3) is 0.667. The van der Waals surface area contributed by atoms with Crippen LogP contribution in [-0.4, -0.2) is 49.3 Å². The zero-order valence-corrected chi connectivity index (χ0v) is 13.7. The van der Waals surface area contributed by atoms with Gasteiger partial charge in [0.15, 0.2) is 0 Å². The van der Waals surface area contributed by atoms with E-state index in [9.17, 15) is 0 Å². The second-order valence-corrected chi connectivity index (χ2v) is 6.27. The van der Waals surface area contributed by atoms with Crippen LogP contribution in [0, 0.1) is 0 Å². The highest BCUT2D eigenvalue weighted by atomic mass is 16.5. The number of hydrogen-bond donors (Lipinski definition) is 1. The number of nitrogens with zero attached hydrogens (tertiary/aromatic N) is 1. The number of ether oxygens (including phenoxy) is 1. The third-order valence-corrected chi connectivity index (χ3v) is 4.25. The van der Waals surface area contributed by atoms with Gasteiger partial charge in [0.25, 0.3) is 0 Å². The van der Waals surface area contributed by atoms with E-state index in [1.54, 1.807) is 0 Å². The van der Waals surface area contributed by atoms with Gasteiger partial charge in [-0.25, -0.2) is 0 Å². The highest BCUT2D eigenvalue weighted by Gasteiger charge is 2.26. The van der Waals surface area contributed by atoms with Crippen LogP contribution in [0.4, 0.5) is 0 Å².